The van der Waals surface area contributed by atoms with Gasteiger partial charge in [0.2, 0.25) is 0 Å². The number of pyridine rings is 1. The van der Waals surface area contributed by atoms with Crippen LogP contribution in [0.1, 0.15) is 32.8 Å². The average Bonchev–Trinajstić information content (AvgIpc) is 3.57. The van der Waals surface area contributed by atoms with Gasteiger partial charge in [-0.3, -0.25) is 4.98 Å². The molecule has 0 unspecified atom stereocenters. The second-order valence-corrected chi connectivity index (χ2v) is 14.9. The Morgan fingerprint density at radius 3 is 2.21 bits per heavy atom. The van der Waals surface area contributed by atoms with Crippen LogP contribution in [0.3, 0.4) is 0 Å². The lowest BCUT2D eigenvalue weighted by Gasteiger charge is -2.43. The lowest BCUT2D eigenvalue weighted by Crippen LogP contribution is -2.66. The van der Waals surface area contributed by atoms with E-state index >= 15 is 0 Å². The van der Waals surface area contributed by atoms with E-state index in [0.29, 0.717) is 10.9 Å². The molecular weight excluding hydrogens is 454 g/mol. The topological polar surface area (TPSA) is 22.1 Å². The molecule has 1 fully saturated rings. The van der Waals surface area contributed by atoms with Crippen molar-refractivity contribution < 1.29 is 4.43 Å². The average molecular weight is 484 g/mol. The fourth-order valence-electron chi connectivity index (χ4n) is 5.02. The summed E-state index contributed by atoms with van der Waals surface area (Å²) >= 11 is 6.17. The van der Waals surface area contributed by atoms with E-state index in [1.807, 2.05) is 18.3 Å². The number of halogens is 1. The summed E-state index contributed by atoms with van der Waals surface area (Å²) < 4.78 is 7.13. The van der Waals surface area contributed by atoms with Gasteiger partial charge >= 0.3 is 0 Å². The minimum Gasteiger partial charge on any atom is -0.407 e. The molecule has 34 heavy (non-hydrogen) atoms. The first-order valence-corrected chi connectivity index (χ1v) is 14.2. The van der Waals surface area contributed by atoms with Crippen LogP contribution in [0.2, 0.25) is 10.1 Å². The number of hydrogen-bond donors (Lipinski definition) is 0. The number of fused-ring (bicyclic) bond motifs is 1. The Labute approximate surface area is 208 Å². The lowest BCUT2D eigenvalue weighted by atomic mass is 10.1. The van der Waals surface area contributed by atoms with Crippen LogP contribution < -0.4 is 10.4 Å². The van der Waals surface area contributed by atoms with E-state index < -0.39 is 8.32 Å². The van der Waals surface area contributed by atoms with Crippen molar-refractivity contribution in [2.75, 3.05) is 6.61 Å². The van der Waals surface area contributed by atoms with Gasteiger partial charge in [-0.1, -0.05) is 111 Å². The molecule has 0 N–H and O–H groups in total. The summed E-state index contributed by atoms with van der Waals surface area (Å²) in [6, 6.07) is 29.7. The molecule has 1 aliphatic carbocycles. The maximum absolute atomic E-state index is 7.13. The molecule has 3 aromatic carbocycles. The zero-order valence-corrected chi connectivity index (χ0v) is 21.7. The maximum Gasteiger partial charge on any atom is 0.261 e. The third-order valence-corrected chi connectivity index (χ3v) is 12.1. The largest absolute Gasteiger partial charge is 0.407 e. The van der Waals surface area contributed by atoms with Gasteiger partial charge in [-0.05, 0) is 45.6 Å². The molecule has 2 nitrogen and oxygen atoms in total. The van der Waals surface area contributed by atoms with Crippen LogP contribution >= 0.6 is 11.6 Å². The highest BCUT2D eigenvalue weighted by Crippen LogP contribution is 2.43. The van der Waals surface area contributed by atoms with Crippen molar-refractivity contribution in [2.24, 2.45) is 5.92 Å². The van der Waals surface area contributed by atoms with Crippen molar-refractivity contribution >= 4 is 47.3 Å². The van der Waals surface area contributed by atoms with Crippen LogP contribution in [-0.4, -0.2) is 19.9 Å². The molecule has 0 spiro atoms. The van der Waals surface area contributed by atoms with Gasteiger partial charge in [0.1, 0.15) is 0 Å². The SMILES string of the molecule is CC(C)(C)[Si](OC[C@@H]1C/C1=C\c1ccnc2cc(Cl)ccc12)(c1ccccc1)c1ccccc1. The van der Waals surface area contributed by atoms with Gasteiger partial charge in [0, 0.05) is 29.1 Å². The van der Waals surface area contributed by atoms with E-state index in [2.05, 4.69) is 105 Å². The molecule has 4 aromatic rings. The minimum absolute atomic E-state index is 0.00492. The first-order chi connectivity index (χ1) is 16.4. The lowest BCUT2D eigenvalue weighted by molar-refractivity contribution is 0.285. The molecule has 5 rings (SSSR count). The standard InChI is InChI=1S/C30H30ClNOSi/c1-30(2,3)34(26-10-6-4-7-11-26,27-12-8-5-9-13-27)33-21-24-19-23(24)18-22-16-17-32-29-20-25(31)14-15-28(22)29/h4-18,20,24H,19,21H2,1-3H3/b23-18+/t24-/m0/s1. The van der Waals surface area contributed by atoms with Gasteiger partial charge in [-0.25, -0.2) is 0 Å². The van der Waals surface area contributed by atoms with Gasteiger partial charge in [-0.2, -0.15) is 0 Å². The molecule has 0 bridgehead atoms. The van der Waals surface area contributed by atoms with Gasteiger partial charge in [-0.15, -0.1) is 0 Å². The van der Waals surface area contributed by atoms with E-state index in [-0.39, 0.29) is 5.04 Å². The Morgan fingerprint density at radius 2 is 1.59 bits per heavy atom. The Balaban J connectivity index is 1.45. The summed E-state index contributed by atoms with van der Waals surface area (Å²) in [6.07, 6.45) is 5.26. The second-order valence-electron chi connectivity index (χ2n) is 10.2. The molecule has 1 heterocycles. The molecule has 172 valence electrons. The van der Waals surface area contributed by atoms with E-state index in [4.69, 9.17) is 16.0 Å². The maximum atomic E-state index is 7.13. The Bertz CT molecular complexity index is 1290. The molecule has 4 heteroatoms. The van der Waals surface area contributed by atoms with Crippen LogP contribution in [0.15, 0.2) is 96.7 Å². The van der Waals surface area contributed by atoms with Gasteiger partial charge in [0.25, 0.3) is 8.32 Å². The molecule has 0 radical (unpaired) electrons. The van der Waals surface area contributed by atoms with E-state index in [9.17, 15) is 0 Å². The summed E-state index contributed by atoms with van der Waals surface area (Å²) in [5.74, 6) is 0.456. The summed E-state index contributed by atoms with van der Waals surface area (Å²) in [7, 11) is -2.50. The normalized spacial score (nSPS) is 17.3. The zero-order valence-electron chi connectivity index (χ0n) is 20.0. The van der Waals surface area contributed by atoms with Crippen LogP contribution in [0, 0.1) is 5.92 Å². The predicted octanol–water partition coefficient (Wildman–Crippen LogP) is 6.87. The molecule has 1 aliphatic rings. The predicted molar refractivity (Wildman–Crippen MR) is 146 cm³/mol. The number of aromatic nitrogens is 1. The number of nitrogens with zero attached hydrogens (tertiary/aromatic N) is 1. The summed E-state index contributed by atoms with van der Waals surface area (Å²) in [6.45, 7) is 7.74. The van der Waals surface area contributed by atoms with Crippen LogP contribution in [0.25, 0.3) is 17.0 Å². The first kappa shape index (κ1) is 23.0. The van der Waals surface area contributed by atoms with Crippen molar-refractivity contribution in [1.29, 1.82) is 0 Å². The summed E-state index contributed by atoms with van der Waals surface area (Å²) in [5.41, 5.74) is 3.58. The highest BCUT2D eigenvalue weighted by molar-refractivity contribution is 6.99. The fourth-order valence-corrected chi connectivity index (χ4v) is 9.80. The molecule has 1 aromatic heterocycles. The highest BCUT2D eigenvalue weighted by atomic mass is 35.5. The number of rotatable bonds is 6. The van der Waals surface area contributed by atoms with E-state index in [0.717, 1.165) is 23.9 Å². The second kappa shape index (κ2) is 9.14. The molecule has 0 aliphatic heterocycles. The van der Waals surface area contributed by atoms with Crippen LogP contribution in [0.4, 0.5) is 0 Å². The Morgan fingerprint density at radius 1 is 0.941 bits per heavy atom. The van der Waals surface area contributed by atoms with Gasteiger partial charge in [0.15, 0.2) is 0 Å². The van der Waals surface area contributed by atoms with E-state index in [1.165, 1.54) is 21.5 Å². The van der Waals surface area contributed by atoms with Crippen molar-refractivity contribution in [3.8, 4) is 0 Å². The van der Waals surface area contributed by atoms with Crippen molar-refractivity contribution in [3.63, 3.8) is 0 Å². The Hall–Kier alpha value is -2.72. The quantitative estimate of drug-likeness (QED) is 0.279. The fraction of sp³-hybridized carbons (Fsp3) is 0.233. The zero-order chi connectivity index (χ0) is 23.8. The number of hydrogen-bond acceptors (Lipinski definition) is 2. The summed E-state index contributed by atoms with van der Waals surface area (Å²) in [5, 5.41) is 4.51. The highest BCUT2D eigenvalue weighted by Gasteiger charge is 2.51. The van der Waals surface area contributed by atoms with Crippen molar-refractivity contribution in [1.82, 2.24) is 4.98 Å². The van der Waals surface area contributed by atoms with E-state index in [1.54, 1.807) is 0 Å². The molecule has 0 amide bonds. The summed E-state index contributed by atoms with van der Waals surface area (Å²) in [4.78, 5) is 4.48. The van der Waals surface area contributed by atoms with Crippen molar-refractivity contribution in [3.05, 3.63) is 107 Å². The molecular formula is C30H30ClNOSi. The smallest absolute Gasteiger partial charge is 0.261 e. The van der Waals surface area contributed by atoms with Crippen LogP contribution in [0.5, 0.6) is 0 Å². The minimum atomic E-state index is -2.50. The third-order valence-electron chi connectivity index (χ3n) is 6.84. The number of benzene rings is 3. The van der Waals surface area contributed by atoms with Gasteiger partial charge < -0.3 is 4.43 Å². The Kier molecular flexibility index (Phi) is 6.20. The molecule has 0 saturated heterocycles. The monoisotopic (exact) mass is 483 g/mol. The third kappa shape index (κ3) is 4.36. The van der Waals surface area contributed by atoms with Crippen LogP contribution in [-0.2, 0) is 4.43 Å². The molecule has 1 atom stereocenters. The first-order valence-electron chi connectivity index (χ1n) is 11.9. The molecule has 1 saturated carbocycles. The van der Waals surface area contributed by atoms with Crippen molar-refractivity contribution in [2.45, 2.75) is 32.2 Å². The van der Waals surface area contributed by atoms with Gasteiger partial charge in [0.05, 0.1) is 5.52 Å².